The molecule has 0 aliphatic rings. The number of hydrogen-bond donors (Lipinski definition) is 2. The Hall–Kier alpha value is -0.810. The van der Waals surface area contributed by atoms with Crippen LogP contribution in [0.5, 0.6) is 0 Å². The van der Waals surface area contributed by atoms with Crippen molar-refractivity contribution in [3.8, 4) is 0 Å². The van der Waals surface area contributed by atoms with Crippen LogP contribution < -0.4 is 5.32 Å². The molecule has 5 nitrogen and oxygen atoms in total. The molecule has 0 aromatic rings. The standard InChI is InChI=1S/C7H15NO4/c1-11-5-6(12-2)3-4-8-7(9)10/h6,8H,3-5H2,1-2H3,(H,9,10)/t6-/m0/s1. The molecule has 0 aliphatic carbocycles. The summed E-state index contributed by atoms with van der Waals surface area (Å²) in [7, 11) is 3.15. The van der Waals surface area contributed by atoms with Crippen molar-refractivity contribution in [3.63, 3.8) is 0 Å². The SMILES string of the molecule is COC[C@H](CCNC(=O)O)OC. The van der Waals surface area contributed by atoms with E-state index >= 15 is 0 Å². The third-order valence-electron chi connectivity index (χ3n) is 1.43. The molecule has 1 amide bonds. The summed E-state index contributed by atoms with van der Waals surface area (Å²) in [5.74, 6) is 0. The predicted octanol–water partition coefficient (Wildman–Crippen LogP) is 0.306. The molecule has 0 aliphatic heterocycles. The van der Waals surface area contributed by atoms with E-state index in [2.05, 4.69) is 5.32 Å². The number of hydrogen-bond acceptors (Lipinski definition) is 3. The fourth-order valence-corrected chi connectivity index (χ4v) is 0.795. The number of amides is 1. The minimum atomic E-state index is -1.01. The number of ether oxygens (including phenoxy) is 2. The highest BCUT2D eigenvalue weighted by Crippen LogP contribution is 1.95. The quantitative estimate of drug-likeness (QED) is 0.612. The van der Waals surface area contributed by atoms with E-state index in [9.17, 15) is 4.79 Å². The summed E-state index contributed by atoms with van der Waals surface area (Å²) < 4.78 is 9.87. The normalized spacial score (nSPS) is 12.5. The minimum Gasteiger partial charge on any atom is -0.465 e. The molecule has 2 N–H and O–H groups in total. The molecule has 0 radical (unpaired) electrons. The van der Waals surface area contributed by atoms with Crippen LogP contribution in [-0.4, -0.2) is 44.7 Å². The van der Waals surface area contributed by atoms with Crippen molar-refractivity contribution in [1.29, 1.82) is 0 Å². The van der Waals surface area contributed by atoms with Gasteiger partial charge in [0, 0.05) is 20.8 Å². The van der Waals surface area contributed by atoms with Gasteiger partial charge in [0.1, 0.15) is 0 Å². The van der Waals surface area contributed by atoms with Gasteiger partial charge in [-0.2, -0.15) is 0 Å². The van der Waals surface area contributed by atoms with Crippen molar-refractivity contribution in [3.05, 3.63) is 0 Å². The smallest absolute Gasteiger partial charge is 0.404 e. The second kappa shape index (κ2) is 6.87. The Kier molecular flexibility index (Phi) is 6.41. The van der Waals surface area contributed by atoms with Gasteiger partial charge in [0.25, 0.3) is 0 Å². The average molecular weight is 177 g/mol. The van der Waals surface area contributed by atoms with E-state index in [4.69, 9.17) is 14.6 Å². The second-order valence-electron chi connectivity index (χ2n) is 2.33. The first-order chi connectivity index (χ1) is 5.70. The van der Waals surface area contributed by atoms with Gasteiger partial charge in [0.05, 0.1) is 12.7 Å². The van der Waals surface area contributed by atoms with Crippen LogP contribution in [0.3, 0.4) is 0 Å². The molecule has 12 heavy (non-hydrogen) atoms. The molecule has 5 heteroatoms. The lowest BCUT2D eigenvalue weighted by molar-refractivity contribution is 0.0239. The van der Waals surface area contributed by atoms with Gasteiger partial charge in [-0.1, -0.05) is 0 Å². The molecule has 0 spiro atoms. The van der Waals surface area contributed by atoms with E-state index in [1.807, 2.05) is 0 Å². The zero-order valence-electron chi connectivity index (χ0n) is 7.37. The van der Waals surface area contributed by atoms with Gasteiger partial charge in [0.2, 0.25) is 0 Å². The van der Waals surface area contributed by atoms with E-state index in [1.165, 1.54) is 0 Å². The van der Waals surface area contributed by atoms with Gasteiger partial charge in [0.15, 0.2) is 0 Å². The number of methoxy groups -OCH3 is 2. The van der Waals surface area contributed by atoms with Crippen molar-refractivity contribution < 1.29 is 19.4 Å². The van der Waals surface area contributed by atoms with E-state index < -0.39 is 6.09 Å². The number of nitrogens with one attached hydrogen (secondary N) is 1. The van der Waals surface area contributed by atoms with Crippen LogP contribution in [0.4, 0.5) is 4.79 Å². The maximum atomic E-state index is 10.0. The molecule has 0 aromatic carbocycles. The van der Waals surface area contributed by atoms with Gasteiger partial charge in [-0.25, -0.2) is 4.79 Å². The minimum absolute atomic E-state index is 0.0400. The van der Waals surface area contributed by atoms with E-state index in [0.29, 0.717) is 19.6 Å². The average Bonchev–Trinajstić information content (AvgIpc) is 2.02. The molecule has 0 saturated carbocycles. The summed E-state index contributed by atoms with van der Waals surface area (Å²) in [4.78, 5) is 10.0. The topological polar surface area (TPSA) is 67.8 Å². The van der Waals surface area contributed by atoms with Crippen LogP contribution in [0.15, 0.2) is 0 Å². The predicted molar refractivity (Wildman–Crippen MR) is 43.3 cm³/mol. The highest BCUT2D eigenvalue weighted by Gasteiger charge is 2.06. The zero-order valence-corrected chi connectivity index (χ0v) is 7.37. The van der Waals surface area contributed by atoms with Crippen molar-refractivity contribution in [2.75, 3.05) is 27.4 Å². The maximum Gasteiger partial charge on any atom is 0.404 e. The zero-order chi connectivity index (χ0) is 9.40. The Bertz CT molecular complexity index is 129. The maximum absolute atomic E-state index is 10.0. The first kappa shape index (κ1) is 11.2. The highest BCUT2D eigenvalue weighted by atomic mass is 16.5. The Morgan fingerprint density at radius 3 is 2.67 bits per heavy atom. The van der Waals surface area contributed by atoms with Crippen LogP contribution in [0, 0.1) is 0 Å². The largest absolute Gasteiger partial charge is 0.465 e. The lowest BCUT2D eigenvalue weighted by atomic mass is 10.2. The summed E-state index contributed by atoms with van der Waals surface area (Å²) in [6, 6.07) is 0. The number of rotatable bonds is 6. The first-order valence-electron chi connectivity index (χ1n) is 3.69. The molecule has 0 aromatic heterocycles. The van der Waals surface area contributed by atoms with Gasteiger partial charge >= 0.3 is 6.09 Å². The molecule has 0 fully saturated rings. The monoisotopic (exact) mass is 177 g/mol. The van der Waals surface area contributed by atoms with Crippen LogP contribution >= 0.6 is 0 Å². The Balaban J connectivity index is 3.37. The fraction of sp³-hybridized carbons (Fsp3) is 0.857. The van der Waals surface area contributed by atoms with Gasteiger partial charge < -0.3 is 19.9 Å². The third kappa shape index (κ3) is 5.94. The van der Waals surface area contributed by atoms with Crippen molar-refractivity contribution in [1.82, 2.24) is 5.32 Å². The molecule has 0 heterocycles. The van der Waals surface area contributed by atoms with Crippen molar-refractivity contribution in [2.24, 2.45) is 0 Å². The third-order valence-corrected chi connectivity index (χ3v) is 1.43. The molecule has 0 unspecified atom stereocenters. The summed E-state index contributed by atoms with van der Waals surface area (Å²) in [5.41, 5.74) is 0. The molecule has 1 atom stereocenters. The first-order valence-corrected chi connectivity index (χ1v) is 3.69. The molecular weight excluding hydrogens is 162 g/mol. The lowest BCUT2D eigenvalue weighted by Crippen LogP contribution is -2.28. The molecular formula is C7H15NO4. The van der Waals surface area contributed by atoms with Crippen LogP contribution in [0.2, 0.25) is 0 Å². The van der Waals surface area contributed by atoms with Gasteiger partial charge in [-0.3, -0.25) is 0 Å². The lowest BCUT2D eigenvalue weighted by Gasteiger charge is -2.13. The Morgan fingerprint density at radius 1 is 1.58 bits per heavy atom. The van der Waals surface area contributed by atoms with E-state index in [0.717, 1.165) is 0 Å². The fourth-order valence-electron chi connectivity index (χ4n) is 0.795. The highest BCUT2D eigenvalue weighted by molar-refractivity contribution is 5.64. The van der Waals surface area contributed by atoms with Crippen LogP contribution in [0.25, 0.3) is 0 Å². The van der Waals surface area contributed by atoms with Crippen molar-refractivity contribution >= 4 is 6.09 Å². The van der Waals surface area contributed by atoms with E-state index in [-0.39, 0.29) is 6.10 Å². The second-order valence-corrected chi connectivity index (χ2v) is 2.33. The van der Waals surface area contributed by atoms with Gasteiger partial charge in [-0.15, -0.1) is 0 Å². The summed E-state index contributed by atoms with van der Waals surface area (Å²) in [6.07, 6.45) is -0.430. The van der Waals surface area contributed by atoms with Crippen LogP contribution in [-0.2, 0) is 9.47 Å². The molecule has 72 valence electrons. The number of carboxylic acid groups (broad SMARTS) is 1. The Morgan fingerprint density at radius 2 is 2.25 bits per heavy atom. The molecule has 0 bridgehead atoms. The van der Waals surface area contributed by atoms with E-state index in [1.54, 1.807) is 14.2 Å². The molecule has 0 rings (SSSR count). The van der Waals surface area contributed by atoms with Gasteiger partial charge in [-0.05, 0) is 6.42 Å². The van der Waals surface area contributed by atoms with Crippen LogP contribution in [0.1, 0.15) is 6.42 Å². The summed E-state index contributed by atoms with van der Waals surface area (Å²) in [5, 5.41) is 10.5. The Labute approximate surface area is 71.7 Å². The summed E-state index contributed by atoms with van der Waals surface area (Å²) >= 11 is 0. The van der Waals surface area contributed by atoms with Crippen molar-refractivity contribution in [2.45, 2.75) is 12.5 Å². The number of carbonyl (C=O) groups is 1. The molecule has 0 saturated heterocycles. The summed E-state index contributed by atoms with van der Waals surface area (Å²) in [6.45, 7) is 0.870.